The monoisotopic (exact) mass is 970 g/mol. The average molecular weight is 971 g/mol. The van der Waals surface area contributed by atoms with Crippen LogP contribution < -0.4 is 10.9 Å². The van der Waals surface area contributed by atoms with Crippen LogP contribution in [0.2, 0.25) is 12.6 Å². The lowest BCUT2D eigenvalue weighted by Crippen LogP contribution is -2.58. The Morgan fingerprint density at radius 3 is 0.629 bits per heavy atom. The zero-order valence-corrected chi connectivity index (χ0v) is 49.2. The Bertz CT molecular complexity index is 1140. The number of rotatable bonds is 52. The molecule has 0 aromatic heterocycles. The lowest BCUT2D eigenvalue weighted by atomic mass is 9.15. The molecular formula is C68H128BN. The van der Waals surface area contributed by atoms with Crippen LogP contribution in [0, 0.1) is 0 Å². The van der Waals surface area contributed by atoms with Gasteiger partial charge < -0.3 is 4.48 Å². The zero-order valence-electron chi connectivity index (χ0n) is 49.2. The highest BCUT2D eigenvalue weighted by Crippen LogP contribution is 2.26. The molecule has 0 saturated carbocycles. The van der Waals surface area contributed by atoms with Crippen LogP contribution in [0.5, 0.6) is 0 Å². The fourth-order valence-corrected chi connectivity index (χ4v) is 12.2. The van der Waals surface area contributed by atoms with Gasteiger partial charge in [0.15, 0.2) is 0 Å². The molecule has 0 aliphatic rings. The molecule has 2 heteroatoms. The summed E-state index contributed by atoms with van der Waals surface area (Å²) >= 11 is 0. The number of unbranched alkanes of at least 4 members (excludes halogenated alkanes) is 38. The topological polar surface area (TPSA) is 0 Å². The minimum atomic E-state index is -0.685. The van der Waals surface area contributed by atoms with Gasteiger partial charge in [-0.3, -0.25) is 0 Å². The first-order valence-corrected chi connectivity index (χ1v) is 32.7. The third kappa shape index (κ3) is 36.4. The molecule has 2 rings (SSSR count). The molecule has 408 valence electrons. The van der Waals surface area contributed by atoms with E-state index in [0.717, 1.165) is 0 Å². The Labute approximate surface area is 443 Å². The van der Waals surface area contributed by atoms with E-state index in [0.29, 0.717) is 0 Å². The molecule has 0 aliphatic heterocycles. The molecule has 0 N–H and O–H groups in total. The van der Waals surface area contributed by atoms with Crippen molar-refractivity contribution in [2.24, 2.45) is 0 Å². The normalized spacial score (nSPS) is 11.9. The molecule has 0 bridgehead atoms. The summed E-state index contributed by atoms with van der Waals surface area (Å²) < 4.78 is 1.48. The van der Waals surface area contributed by atoms with Gasteiger partial charge in [-0.15, -0.1) is 0 Å². The summed E-state index contributed by atoms with van der Waals surface area (Å²) in [5.74, 6) is 0. The van der Waals surface area contributed by atoms with Crippen molar-refractivity contribution >= 4 is 17.1 Å². The minimum Gasteiger partial charge on any atom is -0.324 e. The minimum absolute atomic E-state index is 0.685. The summed E-state index contributed by atoms with van der Waals surface area (Å²) in [5.41, 5.74) is 3.20. The van der Waals surface area contributed by atoms with Crippen LogP contribution in [0.1, 0.15) is 324 Å². The van der Waals surface area contributed by atoms with Gasteiger partial charge in [0.2, 0.25) is 0 Å². The van der Waals surface area contributed by atoms with Crippen LogP contribution in [0.4, 0.5) is 0 Å². The Hall–Kier alpha value is -1.54. The number of quaternary nitrogens is 1. The summed E-state index contributed by atoms with van der Waals surface area (Å²) in [4.78, 5) is 0. The molecule has 0 atom stereocenters. The molecule has 0 aliphatic carbocycles. The lowest BCUT2D eigenvalue weighted by Gasteiger charge is -2.42. The van der Waals surface area contributed by atoms with Crippen LogP contribution >= 0.6 is 0 Å². The number of nitrogens with zero attached hydrogens (tertiary/aromatic N) is 1. The van der Waals surface area contributed by atoms with Crippen LogP contribution in [-0.2, 0) is 0 Å². The third-order valence-electron chi connectivity index (χ3n) is 16.9. The fourth-order valence-electron chi connectivity index (χ4n) is 12.2. The van der Waals surface area contributed by atoms with Crippen molar-refractivity contribution in [3.8, 4) is 0 Å². The molecule has 0 amide bonds. The van der Waals surface area contributed by atoms with Gasteiger partial charge in [-0.1, -0.05) is 333 Å². The smallest absolute Gasteiger partial charge is 0.0786 e. The van der Waals surface area contributed by atoms with Gasteiger partial charge in [0.1, 0.15) is 0 Å². The first kappa shape index (κ1) is 66.5. The van der Waals surface area contributed by atoms with Crippen LogP contribution in [0.25, 0.3) is 0 Å². The average Bonchev–Trinajstić information content (AvgIpc) is 3.39. The van der Waals surface area contributed by atoms with Crippen molar-refractivity contribution in [2.75, 3.05) is 26.2 Å². The largest absolute Gasteiger partial charge is 0.324 e. The maximum absolute atomic E-state index is 2.43. The number of benzene rings is 2. The first-order chi connectivity index (χ1) is 34.6. The van der Waals surface area contributed by atoms with Crippen molar-refractivity contribution in [3.05, 3.63) is 60.7 Å². The molecule has 0 radical (unpaired) electrons. The molecule has 2 aromatic carbocycles. The second kappa shape index (κ2) is 51.0. The van der Waals surface area contributed by atoms with E-state index in [2.05, 4.69) is 102 Å². The van der Waals surface area contributed by atoms with Crippen LogP contribution in [0.3, 0.4) is 0 Å². The summed E-state index contributed by atoms with van der Waals surface area (Å²) in [6, 6.07) is 23.2. The van der Waals surface area contributed by atoms with Gasteiger partial charge in [-0.25, -0.2) is 10.9 Å². The standard InChI is InChI=1S/C36H60B.C32H68N/c1-3-5-7-9-11-13-15-17-19-27-33-37(35-29-23-21-24-30-35,36-31-25-22-26-32-36)34-28-20-18-16-14-12-10-8-6-4-2;1-5-9-13-17-21-25-29-33(30-26-22-18-14-10-6-2,31-27-23-19-15-11-7-3)32-28-24-20-16-12-8-4/h21-26,29-32H,3-20,27-28,33-34H2,1-2H3;5-32H2,1-4H3/q-1;+1. The number of hydrogen-bond donors (Lipinski definition) is 0. The van der Waals surface area contributed by atoms with E-state index in [1.165, 1.54) is 326 Å². The zero-order chi connectivity index (χ0) is 50.6. The van der Waals surface area contributed by atoms with Gasteiger partial charge >= 0.3 is 0 Å². The maximum Gasteiger partial charge on any atom is 0.0786 e. The number of hydrogen-bond acceptors (Lipinski definition) is 0. The molecule has 2 aromatic rings. The molecule has 0 fully saturated rings. The van der Waals surface area contributed by atoms with E-state index in [1.54, 1.807) is 10.9 Å². The Morgan fingerprint density at radius 1 is 0.229 bits per heavy atom. The SMILES string of the molecule is CCCCCCCCCCCC[B-](CCCCCCCCCCCC)(c1ccccc1)c1ccccc1.CCCCCCCC[N+](CCCCCCCC)(CCCCCCCC)CCCCCCCC. The van der Waals surface area contributed by atoms with E-state index in [1.807, 2.05) is 0 Å². The van der Waals surface area contributed by atoms with E-state index in [9.17, 15) is 0 Å². The van der Waals surface area contributed by atoms with Gasteiger partial charge in [-0.2, -0.15) is 12.6 Å². The predicted octanol–water partition coefficient (Wildman–Crippen LogP) is 22.3. The van der Waals surface area contributed by atoms with Crippen LogP contribution in [0.15, 0.2) is 60.7 Å². The summed E-state index contributed by atoms with van der Waals surface area (Å²) in [5, 5.41) is 0. The predicted molar refractivity (Wildman–Crippen MR) is 324 cm³/mol. The maximum atomic E-state index is 2.43. The van der Waals surface area contributed by atoms with E-state index in [4.69, 9.17) is 0 Å². The van der Waals surface area contributed by atoms with Crippen molar-refractivity contribution < 1.29 is 4.48 Å². The summed E-state index contributed by atoms with van der Waals surface area (Å²) in [6.45, 7) is 19.9. The highest BCUT2D eigenvalue weighted by atomic mass is 15.3. The molecule has 70 heavy (non-hydrogen) atoms. The second-order valence-electron chi connectivity index (χ2n) is 23.3. The van der Waals surface area contributed by atoms with Crippen molar-refractivity contribution in [2.45, 2.75) is 337 Å². The van der Waals surface area contributed by atoms with Gasteiger partial charge in [0, 0.05) is 0 Å². The van der Waals surface area contributed by atoms with Crippen molar-refractivity contribution in [1.82, 2.24) is 0 Å². The third-order valence-corrected chi connectivity index (χ3v) is 16.9. The molecular weight excluding hydrogens is 842 g/mol. The Kier molecular flexibility index (Phi) is 48.4. The molecule has 1 nitrogen and oxygen atoms in total. The fraction of sp³-hybridized carbons (Fsp3) is 0.824. The lowest BCUT2D eigenvalue weighted by molar-refractivity contribution is -0.929. The highest BCUT2D eigenvalue weighted by molar-refractivity contribution is 7.02. The quantitative estimate of drug-likeness (QED) is 0.0352. The Balaban J connectivity index is 0.000000706. The van der Waals surface area contributed by atoms with Crippen LogP contribution in [-0.4, -0.2) is 36.8 Å². The van der Waals surface area contributed by atoms with Crippen molar-refractivity contribution in [1.29, 1.82) is 0 Å². The van der Waals surface area contributed by atoms with Gasteiger partial charge in [-0.05, 0) is 51.4 Å². The molecule has 0 saturated heterocycles. The Morgan fingerprint density at radius 2 is 0.414 bits per heavy atom. The van der Waals surface area contributed by atoms with E-state index >= 15 is 0 Å². The molecule has 0 unspecified atom stereocenters. The molecule has 0 heterocycles. The van der Waals surface area contributed by atoms with Gasteiger partial charge in [0.25, 0.3) is 0 Å². The summed E-state index contributed by atoms with van der Waals surface area (Å²) in [6.07, 6.45) is 65.1. The van der Waals surface area contributed by atoms with E-state index in [-0.39, 0.29) is 0 Å². The van der Waals surface area contributed by atoms with E-state index < -0.39 is 6.15 Å². The first-order valence-electron chi connectivity index (χ1n) is 32.7. The molecule has 0 spiro atoms. The highest BCUT2D eigenvalue weighted by Gasteiger charge is 2.28. The second-order valence-corrected chi connectivity index (χ2v) is 23.3. The van der Waals surface area contributed by atoms with Gasteiger partial charge in [0.05, 0.1) is 32.3 Å². The van der Waals surface area contributed by atoms with Crippen molar-refractivity contribution in [3.63, 3.8) is 0 Å². The summed E-state index contributed by atoms with van der Waals surface area (Å²) in [7, 11) is 0.